The summed E-state index contributed by atoms with van der Waals surface area (Å²) in [4.78, 5) is 39.1. The van der Waals surface area contributed by atoms with Crippen LogP contribution in [0.5, 0.6) is 0 Å². The van der Waals surface area contributed by atoms with Crippen molar-refractivity contribution >= 4 is 29.6 Å². The van der Waals surface area contributed by atoms with Crippen molar-refractivity contribution in [3.05, 3.63) is 66.0 Å². The highest BCUT2D eigenvalue weighted by Crippen LogP contribution is 2.28. The molecule has 152 valence electrons. The van der Waals surface area contributed by atoms with E-state index in [9.17, 15) is 18.8 Å². The van der Waals surface area contributed by atoms with Gasteiger partial charge in [0.2, 0.25) is 5.91 Å². The normalized spacial score (nSPS) is 18.6. The molecule has 1 unspecified atom stereocenters. The van der Waals surface area contributed by atoms with Crippen LogP contribution in [-0.2, 0) is 15.1 Å². The molecule has 1 atom stereocenters. The molecule has 1 aliphatic heterocycles. The van der Waals surface area contributed by atoms with Crippen molar-refractivity contribution in [3.63, 3.8) is 0 Å². The summed E-state index contributed by atoms with van der Waals surface area (Å²) >= 11 is 1.57. The number of urea groups is 1. The molecule has 0 bridgehead atoms. The molecular weight excluding hydrogens is 393 g/mol. The van der Waals surface area contributed by atoms with Crippen molar-refractivity contribution < 1.29 is 18.8 Å². The third-order valence-electron chi connectivity index (χ3n) is 4.65. The number of rotatable bonds is 8. The second kappa shape index (κ2) is 9.09. The van der Waals surface area contributed by atoms with Crippen LogP contribution in [0.15, 0.2) is 59.5 Å². The van der Waals surface area contributed by atoms with Gasteiger partial charge in [-0.1, -0.05) is 30.3 Å². The van der Waals surface area contributed by atoms with Crippen molar-refractivity contribution in [3.8, 4) is 0 Å². The molecule has 1 fully saturated rings. The van der Waals surface area contributed by atoms with Gasteiger partial charge in [-0.15, -0.1) is 11.8 Å². The largest absolute Gasteiger partial charge is 0.355 e. The molecule has 0 aliphatic carbocycles. The predicted molar refractivity (Wildman–Crippen MR) is 109 cm³/mol. The topological polar surface area (TPSA) is 78.5 Å². The maximum absolute atomic E-state index is 12.9. The first-order valence-corrected chi connectivity index (χ1v) is 10.2. The monoisotopic (exact) mass is 415 g/mol. The van der Waals surface area contributed by atoms with Crippen LogP contribution in [-0.4, -0.2) is 41.6 Å². The van der Waals surface area contributed by atoms with Gasteiger partial charge < -0.3 is 10.6 Å². The zero-order valence-electron chi connectivity index (χ0n) is 16.0. The highest BCUT2D eigenvalue weighted by molar-refractivity contribution is 7.99. The van der Waals surface area contributed by atoms with Gasteiger partial charge in [0.1, 0.15) is 17.9 Å². The zero-order valence-corrected chi connectivity index (χ0v) is 16.8. The third-order valence-corrected chi connectivity index (χ3v) is 5.75. The number of carbonyl (C=O) groups is 3. The number of imide groups is 1. The summed E-state index contributed by atoms with van der Waals surface area (Å²) in [5.41, 5.74) is -0.510. The lowest BCUT2D eigenvalue weighted by Gasteiger charge is -2.22. The van der Waals surface area contributed by atoms with Crippen molar-refractivity contribution in [1.29, 1.82) is 0 Å². The van der Waals surface area contributed by atoms with Gasteiger partial charge in [-0.2, -0.15) is 0 Å². The van der Waals surface area contributed by atoms with E-state index in [2.05, 4.69) is 10.6 Å². The minimum Gasteiger partial charge on any atom is -0.355 e. The molecule has 2 aromatic carbocycles. The lowest BCUT2D eigenvalue weighted by atomic mass is 9.92. The maximum atomic E-state index is 12.9. The van der Waals surface area contributed by atoms with Crippen LogP contribution in [0.25, 0.3) is 0 Å². The summed E-state index contributed by atoms with van der Waals surface area (Å²) in [6, 6.07) is 14.6. The SMILES string of the molecule is CC1(c2ccccc2)NC(=O)N(CC(=O)NCCCSc2ccc(F)cc2)C1=O. The minimum atomic E-state index is -1.18. The zero-order chi connectivity index (χ0) is 20.9. The van der Waals surface area contributed by atoms with E-state index in [1.165, 1.54) is 12.1 Å². The molecule has 0 radical (unpaired) electrons. The van der Waals surface area contributed by atoms with Gasteiger partial charge in [-0.05, 0) is 48.9 Å². The summed E-state index contributed by atoms with van der Waals surface area (Å²) in [7, 11) is 0. The van der Waals surface area contributed by atoms with Crippen LogP contribution in [0.2, 0.25) is 0 Å². The smallest absolute Gasteiger partial charge is 0.325 e. The Morgan fingerprint density at radius 1 is 1.14 bits per heavy atom. The second-order valence-electron chi connectivity index (χ2n) is 6.82. The fraction of sp³-hybridized carbons (Fsp3) is 0.286. The average Bonchev–Trinajstić information content (AvgIpc) is 2.94. The molecule has 8 heteroatoms. The molecule has 6 nitrogen and oxygen atoms in total. The van der Waals surface area contributed by atoms with Crippen molar-refractivity contribution in [2.45, 2.75) is 23.8 Å². The Morgan fingerprint density at radius 2 is 1.83 bits per heavy atom. The summed E-state index contributed by atoms with van der Waals surface area (Å²) in [5.74, 6) is -0.361. The van der Waals surface area contributed by atoms with Crippen LogP contribution >= 0.6 is 11.8 Å². The van der Waals surface area contributed by atoms with Gasteiger partial charge in [0.05, 0.1) is 0 Å². The number of thioether (sulfide) groups is 1. The number of hydrogen-bond acceptors (Lipinski definition) is 4. The van der Waals surface area contributed by atoms with E-state index in [1.807, 2.05) is 6.07 Å². The van der Waals surface area contributed by atoms with E-state index in [-0.39, 0.29) is 12.4 Å². The molecule has 3 rings (SSSR count). The number of carbonyl (C=O) groups excluding carboxylic acids is 3. The number of halogens is 1. The Bertz CT molecular complexity index is 892. The maximum Gasteiger partial charge on any atom is 0.325 e. The average molecular weight is 415 g/mol. The van der Waals surface area contributed by atoms with E-state index in [0.29, 0.717) is 18.5 Å². The number of nitrogens with one attached hydrogen (secondary N) is 2. The van der Waals surface area contributed by atoms with Crippen LogP contribution in [0.3, 0.4) is 0 Å². The highest BCUT2D eigenvalue weighted by Gasteiger charge is 2.49. The number of amides is 4. The van der Waals surface area contributed by atoms with Crippen molar-refractivity contribution in [2.75, 3.05) is 18.8 Å². The van der Waals surface area contributed by atoms with Gasteiger partial charge in [0.15, 0.2) is 0 Å². The van der Waals surface area contributed by atoms with Crippen LogP contribution < -0.4 is 10.6 Å². The summed E-state index contributed by atoms with van der Waals surface area (Å²) in [5, 5.41) is 5.40. The molecule has 1 saturated heterocycles. The molecule has 2 N–H and O–H groups in total. The Balaban J connectivity index is 1.45. The minimum absolute atomic E-state index is 0.273. The lowest BCUT2D eigenvalue weighted by molar-refractivity contribution is -0.134. The van der Waals surface area contributed by atoms with Gasteiger partial charge in [-0.25, -0.2) is 9.18 Å². The number of hydrogen-bond donors (Lipinski definition) is 2. The Morgan fingerprint density at radius 3 is 2.52 bits per heavy atom. The molecule has 29 heavy (non-hydrogen) atoms. The molecular formula is C21H22FN3O3S. The quantitative estimate of drug-likeness (QED) is 0.395. The second-order valence-corrected chi connectivity index (χ2v) is 7.99. The first kappa shape index (κ1) is 20.9. The van der Waals surface area contributed by atoms with Crippen LogP contribution in [0, 0.1) is 5.82 Å². The first-order chi connectivity index (χ1) is 13.9. The molecule has 0 aromatic heterocycles. The summed E-state index contributed by atoms with van der Waals surface area (Å²) in [6.07, 6.45) is 0.704. The molecule has 0 saturated carbocycles. The van der Waals surface area contributed by atoms with Gasteiger partial charge >= 0.3 is 6.03 Å². The van der Waals surface area contributed by atoms with Gasteiger partial charge in [0, 0.05) is 11.4 Å². The van der Waals surface area contributed by atoms with Crippen molar-refractivity contribution in [2.24, 2.45) is 0 Å². The standard InChI is InChI=1S/C21H22FN3O3S/c1-21(15-6-3-2-4-7-15)19(27)25(20(28)24-21)14-18(26)23-12-5-13-29-17-10-8-16(22)9-11-17/h2-4,6-11H,5,12-14H2,1H3,(H,23,26)(H,24,28). The Labute approximate surface area is 172 Å². The number of benzene rings is 2. The number of nitrogens with zero attached hydrogens (tertiary/aromatic N) is 1. The third kappa shape index (κ3) is 4.95. The van der Waals surface area contributed by atoms with E-state index >= 15 is 0 Å². The molecule has 0 spiro atoms. The first-order valence-electron chi connectivity index (χ1n) is 9.25. The highest BCUT2D eigenvalue weighted by atomic mass is 32.2. The van der Waals surface area contributed by atoms with E-state index in [1.54, 1.807) is 55.1 Å². The Hall–Kier alpha value is -2.87. The van der Waals surface area contributed by atoms with Crippen molar-refractivity contribution in [1.82, 2.24) is 15.5 Å². The summed E-state index contributed by atoms with van der Waals surface area (Å²) in [6.45, 7) is 1.73. The fourth-order valence-corrected chi connectivity index (χ4v) is 3.88. The van der Waals surface area contributed by atoms with E-state index < -0.39 is 23.4 Å². The molecule has 4 amide bonds. The van der Waals surface area contributed by atoms with Gasteiger partial charge in [0.25, 0.3) is 5.91 Å². The Kier molecular flexibility index (Phi) is 6.53. The van der Waals surface area contributed by atoms with Crippen LogP contribution in [0.1, 0.15) is 18.9 Å². The fourth-order valence-electron chi connectivity index (χ4n) is 3.03. The molecule has 1 heterocycles. The van der Waals surface area contributed by atoms with Crippen LogP contribution in [0.4, 0.5) is 9.18 Å². The predicted octanol–water partition coefficient (Wildman–Crippen LogP) is 2.89. The van der Waals surface area contributed by atoms with Gasteiger partial charge in [-0.3, -0.25) is 14.5 Å². The van der Waals surface area contributed by atoms with E-state index in [0.717, 1.165) is 15.5 Å². The molecule has 2 aromatic rings. The summed E-state index contributed by atoms with van der Waals surface area (Å²) < 4.78 is 12.9. The van der Waals surface area contributed by atoms with E-state index in [4.69, 9.17) is 0 Å². The lowest BCUT2D eigenvalue weighted by Crippen LogP contribution is -2.43. The molecule has 1 aliphatic rings.